The molecule has 1 aliphatic carbocycles. The summed E-state index contributed by atoms with van der Waals surface area (Å²) in [6, 6.07) is 4.98. The Morgan fingerprint density at radius 3 is 2.81 bits per heavy atom. The molecule has 0 fully saturated rings. The van der Waals surface area contributed by atoms with E-state index in [0.717, 1.165) is 30.8 Å². The minimum atomic E-state index is -0.00876. The number of nitrogens with zero attached hydrogens (tertiary/aromatic N) is 2. The summed E-state index contributed by atoms with van der Waals surface area (Å²) in [6.45, 7) is 2.24. The molecule has 3 nitrogen and oxygen atoms in total. The molecular weight excluding hydrogens is 307 g/mol. The highest BCUT2D eigenvalue weighted by atomic mass is 35.5. The van der Waals surface area contributed by atoms with Gasteiger partial charge in [0.1, 0.15) is 5.82 Å². The Morgan fingerprint density at radius 2 is 2.05 bits per heavy atom. The number of Topliss-reactive ketones (excluding diaryl/α,β-unsaturated/α-hetero) is 1. The maximum atomic E-state index is 12.5. The quantitative estimate of drug-likeness (QED) is 0.791. The first kappa shape index (κ1) is 14.6. The lowest BCUT2D eigenvalue weighted by Crippen LogP contribution is -2.16. The van der Waals surface area contributed by atoms with Crippen molar-refractivity contribution in [3.05, 3.63) is 51.0 Å². The Kier molecular flexibility index (Phi) is 4.05. The number of rotatable bonds is 3. The van der Waals surface area contributed by atoms with Crippen LogP contribution >= 0.6 is 23.2 Å². The van der Waals surface area contributed by atoms with Gasteiger partial charge in [-0.15, -0.1) is 0 Å². The van der Waals surface area contributed by atoms with Gasteiger partial charge in [0.25, 0.3) is 0 Å². The number of hydrogen-bond acceptors (Lipinski definition) is 2. The van der Waals surface area contributed by atoms with Crippen LogP contribution in [0.3, 0.4) is 0 Å². The fourth-order valence-electron chi connectivity index (χ4n) is 2.89. The maximum absolute atomic E-state index is 12.5. The van der Waals surface area contributed by atoms with Crippen molar-refractivity contribution in [3.8, 4) is 0 Å². The van der Waals surface area contributed by atoms with E-state index in [1.807, 2.05) is 11.5 Å². The van der Waals surface area contributed by atoms with Gasteiger partial charge in [-0.25, -0.2) is 4.98 Å². The van der Waals surface area contributed by atoms with Crippen molar-refractivity contribution < 1.29 is 4.79 Å². The number of hydrogen-bond donors (Lipinski definition) is 0. The normalized spacial score (nSPS) is 14.0. The van der Waals surface area contributed by atoms with Crippen molar-refractivity contribution in [2.75, 3.05) is 0 Å². The van der Waals surface area contributed by atoms with Crippen molar-refractivity contribution in [1.29, 1.82) is 0 Å². The molecule has 2 aromatic rings. The summed E-state index contributed by atoms with van der Waals surface area (Å²) in [5.41, 5.74) is 2.87. The lowest BCUT2D eigenvalue weighted by Gasteiger charge is -2.14. The predicted octanol–water partition coefficient (Wildman–Crippen LogP) is 4.26. The average Bonchev–Trinajstić information content (AvgIpc) is 2.75. The SMILES string of the molecule is Cc1nc2c(n1CC(=O)c1ccc(Cl)cc1Cl)CCCC2. The number of imidazole rings is 1. The van der Waals surface area contributed by atoms with E-state index in [1.54, 1.807) is 18.2 Å². The second kappa shape index (κ2) is 5.82. The summed E-state index contributed by atoms with van der Waals surface area (Å²) in [6.07, 6.45) is 4.35. The summed E-state index contributed by atoms with van der Waals surface area (Å²) in [5.74, 6) is 0.894. The first-order valence-corrected chi connectivity index (χ1v) is 7.85. The molecule has 0 saturated carbocycles. The minimum absolute atomic E-state index is 0.00876. The molecule has 0 aliphatic heterocycles. The number of aryl methyl sites for hydroxylation is 2. The number of benzene rings is 1. The molecule has 0 atom stereocenters. The molecule has 3 rings (SSSR count). The number of ketones is 1. The van der Waals surface area contributed by atoms with E-state index in [-0.39, 0.29) is 12.3 Å². The molecule has 0 spiro atoms. The Balaban J connectivity index is 1.90. The number of halogens is 2. The van der Waals surface area contributed by atoms with E-state index >= 15 is 0 Å². The molecule has 0 radical (unpaired) electrons. The van der Waals surface area contributed by atoms with Gasteiger partial charge in [-0.2, -0.15) is 0 Å². The lowest BCUT2D eigenvalue weighted by molar-refractivity contribution is 0.0970. The standard InChI is InChI=1S/C16H16Cl2N2O/c1-10-19-14-4-2-3-5-15(14)20(10)9-16(21)12-7-6-11(17)8-13(12)18/h6-8H,2-5,9H2,1H3. The number of carbonyl (C=O) groups excluding carboxylic acids is 1. The minimum Gasteiger partial charge on any atom is -0.324 e. The van der Waals surface area contributed by atoms with E-state index in [9.17, 15) is 4.79 Å². The van der Waals surface area contributed by atoms with Crippen molar-refractivity contribution >= 4 is 29.0 Å². The van der Waals surface area contributed by atoms with E-state index in [2.05, 4.69) is 4.98 Å². The second-order valence-electron chi connectivity index (χ2n) is 5.39. The zero-order valence-corrected chi connectivity index (χ0v) is 13.3. The second-order valence-corrected chi connectivity index (χ2v) is 6.24. The van der Waals surface area contributed by atoms with Crippen molar-refractivity contribution in [3.63, 3.8) is 0 Å². The van der Waals surface area contributed by atoms with Crippen LogP contribution in [0.15, 0.2) is 18.2 Å². The topological polar surface area (TPSA) is 34.9 Å². The molecule has 21 heavy (non-hydrogen) atoms. The van der Waals surface area contributed by atoms with Gasteiger partial charge in [-0.3, -0.25) is 4.79 Å². The summed E-state index contributed by atoms with van der Waals surface area (Å²) in [4.78, 5) is 17.1. The molecule has 0 bridgehead atoms. The van der Waals surface area contributed by atoms with Crippen molar-refractivity contribution in [2.24, 2.45) is 0 Å². The van der Waals surface area contributed by atoms with Crippen LogP contribution < -0.4 is 0 Å². The number of aromatic nitrogens is 2. The van der Waals surface area contributed by atoms with Crippen LogP contribution in [0.2, 0.25) is 10.0 Å². The molecule has 0 unspecified atom stereocenters. The van der Waals surface area contributed by atoms with Gasteiger partial charge in [0.15, 0.2) is 5.78 Å². The van der Waals surface area contributed by atoms with E-state index in [4.69, 9.17) is 23.2 Å². The van der Waals surface area contributed by atoms with E-state index in [1.165, 1.54) is 12.1 Å². The third kappa shape index (κ3) is 2.85. The van der Waals surface area contributed by atoms with Gasteiger partial charge < -0.3 is 4.57 Å². The van der Waals surface area contributed by atoms with E-state index in [0.29, 0.717) is 15.6 Å². The van der Waals surface area contributed by atoms with Gasteiger partial charge in [0.2, 0.25) is 0 Å². The summed E-state index contributed by atoms with van der Waals surface area (Å²) in [7, 11) is 0. The fourth-order valence-corrected chi connectivity index (χ4v) is 3.40. The number of fused-ring (bicyclic) bond motifs is 1. The smallest absolute Gasteiger partial charge is 0.184 e. The predicted molar refractivity (Wildman–Crippen MR) is 84.4 cm³/mol. The highest BCUT2D eigenvalue weighted by molar-refractivity contribution is 6.36. The molecular formula is C16H16Cl2N2O. The largest absolute Gasteiger partial charge is 0.324 e. The average molecular weight is 323 g/mol. The molecule has 110 valence electrons. The van der Waals surface area contributed by atoms with Crippen LogP contribution in [0.4, 0.5) is 0 Å². The van der Waals surface area contributed by atoms with Gasteiger partial charge in [0.05, 0.1) is 17.3 Å². The van der Waals surface area contributed by atoms with Crippen LogP contribution in [-0.2, 0) is 19.4 Å². The van der Waals surface area contributed by atoms with Crippen LogP contribution in [0, 0.1) is 6.92 Å². The monoisotopic (exact) mass is 322 g/mol. The Labute approximate surface area is 133 Å². The molecule has 0 N–H and O–H groups in total. The lowest BCUT2D eigenvalue weighted by atomic mass is 10.0. The Bertz CT molecular complexity index is 707. The van der Waals surface area contributed by atoms with Crippen molar-refractivity contribution in [2.45, 2.75) is 39.2 Å². The van der Waals surface area contributed by atoms with Gasteiger partial charge in [0, 0.05) is 16.3 Å². The molecule has 1 aromatic carbocycles. The third-order valence-electron chi connectivity index (χ3n) is 3.96. The number of carbonyl (C=O) groups is 1. The Morgan fingerprint density at radius 1 is 1.29 bits per heavy atom. The van der Waals surface area contributed by atoms with Crippen molar-refractivity contribution in [1.82, 2.24) is 9.55 Å². The molecule has 1 aromatic heterocycles. The highest BCUT2D eigenvalue weighted by Gasteiger charge is 2.20. The van der Waals surface area contributed by atoms with Crippen LogP contribution in [-0.4, -0.2) is 15.3 Å². The van der Waals surface area contributed by atoms with Gasteiger partial charge >= 0.3 is 0 Å². The summed E-state index contributed by atoms with van der Waals surface area (Å²) in [5, 5.41) is 0.937. The molecule has 1 heterocycles. The van der Waals surface area contributed by atoms with Gasteiger partial charge in [-0.05, 0) is 50.8 Å². The maximum Gasteiger partial charge on any atom is 0.184 e. The zero-order chi connectivity index (χ0) is 15.0. The molecule has 0 amide bonds. The van der Waals surface area contributed by atoms with Crippen LogP contribution in [0.1, 0.15) is 40.4 Å². The molecule has 5 heteroatoms. The highest BCUT2D eigenvalue weighted by Crippen LogP contribution is 2.25. The fraction of sp³-hybridized carbons (Fsp3) is 0.375. The first-order valence-electron chi connectivity index (χ1n) is 7.09. The third-order valence-corrected chi connectivity index (χ3v) is 4.50. The molecule has 0 saturated heterocycles. The summed E-state index contributed by atoms with van der Waals surface area (Å²) >= 11 is 12.0. The Hall–Kier alpha value is -1.32. The van der Waals surface area contributed by atoms with Crippen LogP contribution in [0.25, 0.3) is 0 Å². The van der Waals surface area contributed by atoms with Crippen LogP contribution in [0.5, 0.6) is 0 Å². The first-order chi connectivity index (χ1) is 10.1. The molecule has 1 aliphatic rings. The summed E-state index contributed by atoms with van der Waals surface area (Å²) < 4.78 is 2.03. The zero-order valence-electron chi connectivity index (χ0n) is 11.8. The van der Waals surface area contributed by atoms with Gasteiger partial charge in [-0.1, -0.05) is 23.2 Å². The van der Waals surface area contributed by atoms with E-state index < -0.39 is 0 Å².